The number of halogens is 1. The molecule has 1 aromatic carbocycles. The lowest BCUT2D eigenvalue weighted by Gasteiger charge is -2.36. The maximum atomic E-state index is 12.3. The molecule has 1 aliphatic rings. The maximum absolute atomic E-state index is 12.3. The van der Waals surface area contributed by atoms with Crippen LogP contribution in [0.3, 0.4) is 0 Å². The zero-order valence-corrected chi connectivity index (χ0v) is 15.8. The quantitative estimate of drug-likeness (QED) is 0.899. The molecular weight excluding hydrogens is 344 g/mol. The minimum Gasteiger partial charge on any atom is -0.339 e. The molecule has 0 saturated carbocycles. The molecule has 2 aromatic rings. The van der Waals surface area contributed by atoms with Gasteiger partial charge in [-0.3, -0.25) is 9.69 Å². The second-order valence-electron chi connectivity index (χ2n) is 6.45. The Morgan fingerprint density at radius 3 is 2.54 bits per heavy atom. The summed E-state index contributed by atoms with van der Waals surface area (Å²) in [6, 6.07) is 7.85. The normalized spacial score (nSPS) is 17.1. The van der Waals surface area contributed by atoms with E-state index < -0.39 is 0 Å². The van der Waals surface area contributed by atoms with E-state index in [-0.39, 0.29) is 30.3 Å². The predicted molar refractivity (Wildman–Crippen MR) is 102 cm³/mol. The van der Waals surface area contributed by atoms with Crippen molar-refractivity contribution >= 4 is 39.9 Å². The average Bonchev–Trinajstić information content (AvgIpc) is 2.96. The number of piperazine rings is 1. The Morgan fingerprint density at radius 2 is 1.92 bits per heavy atom. The van der Waals surface area contributed by atoms with Crippen LogP contribution in [0.2, 0.25) is 0 Å². The number of benzene rings is 1. The summed E-state index contributed by atoms with van der Waals surface area (Å²) in [5, 5.41) is 1.14. The summed E-state index contributed by atoms with van der Waals surface area (Å²) in [5.41, 5.74) is 7.05. The Labute approximate surface area is 153 Å². The third-order valence-corrected chi connectivity index (χ3v) is 5.41. The number of aromatic nitrogens is 1. The van der Waals surface area contributed by atoms with Gasteiger partial charge in [-0.15, -0.1) is 23.7 Å². The number of fused-ring (bicyclic) bond motifs is 1. The van der Waals surface area contributed by atoms with E-state index in [9.17, 15) is 4.79 Å². The van der Waals surface area contributed by atoms with E-state index in [2.05, 4.69) is 22.0 Å². The Balaban J connectivity index is 0.00000208. The number of hydrogen-bond donors (Lipinski definition) is 1. The van der Waals surface area contributed by atoms with Crippen molar-refractivity contribution in [1.29, 1.82) is 0 Å². The lowest BCUT2D eigenvalue weighted by Crippen LogP contribution is -2.54. The minimum absolute atomic E-state index is 0. The fourth-order valence-corrected chi connectivity index (χ4v) is 3.81. The molecule has 1 saturated heterocycles. The summed E-state index contributed by atoms with van der Waals surface area (Å²) in [6.45, 7) is 8.11. The topological polar surface area (TPSA) is 62.5 Å². The van der Waals surface area contributed by atoms with Gasteiger partial charge in [-0.25, -0.2) is 4.98 Å². The zero-order valence-electron chi connectivity index (χ0n) is 14.1. The van der Waals surface area contributed by atoms with Gasteiger partial charge in [0.1, 0.15) is 5.01 Å². The van der Waals surface area contributed by atoms with Crippen LogP contribution in [0.25, 0.3) is 10.2 Å². The number of nitrogens with zero attached hydrogens (tertiary/aromatic N) is 3. The summed E-state index contributed by atoms with van der Waals surface area (Å²) in [4.78, 5) is 21.2. The van der Waals surface area contributed by atoms with Crippen LogP contribution < -0.4 is 5.73 Å². The van der Waals surface area contributed by atoms with Gasteiger partial charge in [-0.1, -0.05) is 26.0 Å². The average molecular weight is 369 g/mol. The third kappa shape index (κ3) is 4.25. The molecule has 1 aromatic heterocycles. The van der Waals surface area contributed by atoms with E-state index in [1.807, 2.05) is 30.9 Å². The van der Waals surface area contributed by atoms with E-state index >= 15 is 0 Å². The van der Waals surface area contributed by atoms with Crippen molar-refractivity contribution in [2.75, 3.05) is 26.2 Å². The molecular formula is C17H25ClN4OS. The summed E-state index contributed by atoms with van der Waals surface area (Å²) in [5.74, 6) is 0.267. The largest absolute Gasteiger partial charge is 0.339 e. The smallest absolute Gasteiger partial charge is 0.239 e. The minimum atomic E-state index is -0.384. The number of carbonyl (C=O) groups excluding carboxylic acids is 1. The number of hydrogen-bond acceptors (Lipinski definition) is 5. The molecule has 1 amide bonds. The first-order valence-corrected chi connectivity index (χ1v) is 8.97. The predicted octanol–water partition coefficient (Wildman–Crippen LogP) is 2.35. The highest BCUT2D eigenvalue weighted by Crippen LogP contribution is 2.23. The molecule has 0 radical (unpaired) electrons. The van der Waals surface area contributed by atoms with E-state index in [4.69, 9.17) is 5.73 Å². The molecule has 1 atom stereocenters. The molecule has 0 bridgehead atoms. The lowest BCUT2D eigenvalue weighted by atomic mass is 10.0. The number of rotatable bonds is 4. The second kappa shape index (κ2) is 8.25. The first-order chi connectivity index (χ1) is 11.0. The number of nitrogens with two attached hydrogens (primary N) is 1. The molecule has 2 heterocycles. The summed E-state index contributed by atoms with van der Waals surface area (Å²) in [7, 11) is 0. The summed E-state index contributed by atoms with van der Waals surface area (Å²) >= 11 is 1.75. The van der Waals surface area contributed by atoms with E-state index in [1.165, 1.54) is 4.70 Å². The number of thiazole rings is 1. The van der Waals surface area contributed by atoms with Gasteiger partial charge in [-0.05, 0) is 18.1 Å². The molecule has 132 valence electrons. The van der Waals surface area contributed by atoms with Gasteiger partial charge < -0.3 is 10.6 Å². The molecule has 2 N–H and O–H groups in total. The van der Waals surface area contributed by atoms with Crippen LogP contribution in [0.1, 0.15) is 18.9 Å². The molecule has 7 heteroatoms. The van der Waals surface area contributed by atoms with Gasteiger partial charge in [-0.2, -0.15) is 0 Å². The van der Waals surface area contributed by atoms with Crippen molar-refractivity contribution in [3.63, 3.8) is 0 Å². The highest BCUT2D eigenvalue weighted by atomic mass is 35.5. The Hall–Kier alpha value is -1.21. The standard InChI is InChI=1S/C17H24N4OS.ClH/c1-12(2)16(18)17(22)21-9-7-20(8-10-21)11-15-19-13-5-3-4-6-14(13)23-15;/h3-6,12,16H,7-11,18H2,1-2H3;1H/t16-;/m0./s1. The summed E-state index contributed by atoms with van der Waals surface area (Å²) in [6.07, 6.45) is 0. The Morgan fingerprint density at radius 1 is 1.25 bits per heavy atom. The van der Waals surface area contributed by atoms with Gasteiger partial charge in [0.2, 0.25) is 5.91 Å². The van der Waals surface area contributed by atoms with Gasteiger partial charge in [0.15, 0.2) is 0 Å². The molecule has 1 fully saturated rings. The molecule has 3 rings (SSSR count). The van der Waals surface area contributed by atoms with Crippen molar-refractivity contribution < 1.29 is 4.79 Å². The van der Waals surface area contributed by atoms with Crippen molar-refractivity contribution in [3.05, 3.63) is 29.3 Å². The van der Waals surface area contributed by atoms with E-state index in [1.54, 1.807) is 11.3 Å². The molecule has 0 unspecified atom stereocenters. The van der Waals surface area contributed by atoms with Crippen LogP contribution in [0.4, 0.5) is 0 Å². The van der Waals surface area contributed by atoms with Crippen LogP contribution >= 0.6 is 23.7 Å². The lowest BCUT2D eigenvalue weighted by molar-refractivity contribution is -0.135. The van der Waals surface area contributed by atoms with Crippen LogP contribution in [-0.4, -0.2) is 52.9 Å². The van der Waals surface area contributed by atoms with E-state index in [0.29, 0.717) is 0 Å². The number of carbonyl (C=O) groups is 1. The van der Waals surface area contributed by atoms with E-state index in [0.717, 1.165) is 43.2 Å². The molecule has 5 nitrogen and oxygen atoms in total. The third-order valence-electron chi connectivity index (χ3n) is 4.38. The zero-order chi connectivity index (χ0) is 16.4. The van der Waals surface area contributed by atoms with Gasteiger partial charge in [0, 0.05) is 26.2 Å². The van der Waals surface area contributed by atoms with Crippen LogP contribution in [0, 0.1) is 5.92 Å². The monoisotopic (exact) mass is 368 g/mol. The highest BCUT2D eigenvalue weighted by Gasteiger charge is 2.27. The first kappa shape index (κ1) is 19.1. The summed E-state index contributed by atoms with van der Waals surface area (Å²) < 4.78 is 1.24. The van der Waals surface area contributed by atoms with Crippen LogP contribution in [0.5, 0.6) is 0 Å². The Kier molecular flexibility index (Phi) is 6.57. The SMILES string of the molecule is CC(C)[C@H](N)C(=O)N1CCN(Cc2nc3ccccc3s2)CC1.Cl. The van der Waals surface area contributed by atoms with Crippen molar-refractivity contribution in [3.8, 4) is 0 Å². The molecule has 1 aliphatic heterocycles. The highest BCUT2D eigenvalue weighted by molar-refractivity contribution is 7.18. The van der Waals surface area contributed by atoms with Crippen molar-refractivity contribution in [1.82, 2.24) is 14.8 Å². The fraction of sp³-hybridized carbons (Fsp3) is 0.529. The number of amides is 1. The molecule has 0 spiro atoms. The number of para-hydroxylation sites is 1. The first-order valence-electron chi connectivity index (χ1n) is 8.16. The molecule has 0 aliphatic carbocycles. The van der Waals surface area contributed by atoms with Crippen molar-refractivity contribution in [2.24, 2.45) is 11.7 Å². The van der Waals surface area contributed by atoms with Crippen LogP contribution in [0.15, 0.2) is 24.3 Å². The fourth-order valence-electron chi connectivity index (χ4n) is 2.80. The second-order valence-corrected chi connectivity index (χ2v) is 7.56. The van der Waals surface area contributed by atoms with Crippen LogP contribution in [-0.2, 0) is 11.3 Å². The van der Waals surface area contributed by atoms with Gasteiger partial charge >= 0.3 is 0 Å². The Bertz CT molecular complexity index is 649. The van der Waals surface area contributed by atoms with Crippen molar-refractivity contribution in [2.45, 2.75) is 26.4 Å². The van der Waals surface area contributed by atoms with Gasteiger partial charge in [0.25, 0.3) is 0 Å². The maximum Gasteiger partial charge on any atom is 0.239 e. The molecule has 24 heavy (non-hydrogen) atoms. The van der Waals surface area contributed by atoms with Gasteiger partial charge in [0.05, 0.1) is 22.8 Å².